The number of halogens is 1. The quantitative estimate of drug-likeness (QED) is 0.785. The third kappa shape index (κ3) is 3.03. The molecule has 1 aliphatic rings. The number of nitrogens with zero attached hydrogens (tertiary/aromatic N) is 1. The van der Waals surface area contributed by atoms with Gasteiger partial charge in [-0.2, -0.15) is 0 Å². The molecule has 0 aliphatic carbocycles. The Morgan fingerprint density at radius 1 is 1.44 bits per heavy atom. The van der Waals surface area contributed by atoms with E-state index in [1.54, 1.807) is 7.11 Å². The topological polar surface area (TPSA) is 29.5 Å². The highest BCUT2D eigenvalue weighted by molar-refractivity contribution is 6.30. The largest absolute Gasteiger partial charge is 0.380 e. The van der Waals surface area contributed by atoms with Crippen LogP contribution in [0.1, 0.15) is 29.3 Å². The molecule has 1 aliphatic heterocycles. The van der Waals surface area contributed by atoms with Crippen molar-refractivity contribution in [2.24, 2.45) is 0 Å². The first-order chi connectivity index (χ1) is 8.72. The summed E-state index contributed by atoms with van der Waals surface area (Å²) in [5, 5.41) is -0.583. The maximum Gasteiger partial charge on any atom is 0.245 e. The van der Waals surface area contributed by atoms with Crippen LogP contribution in [0.4, 0.5) is 0 Å². The standard InChI is InChI=1S/C14H18ClNO2/c1-18-10-11-5-4-6-12(9-11)13(15)14(17)16-7-2-3-8-16/h4-6,9,13H,2-3,7-8,10H2,1H3. The molecule has 1 aromatic rings. The Labute approximate surface area is 113 Å². The minimum absolute atomic E-state index is 0.0173. The van der Waals surface area contributed by atoms with Gasteiger partial charge in [-0.1, -0.05) is 24.3 Å². The number of alkyl halides is 1. The summed E-state index contributed by atoms with van der Waals surface area (Å²) < 4.78 is 5.08. The molecule has 18 heavy (non-hydrogen) atoms. The molecule has 0 N–H and O–H groups in total. The van der Waals surface area contributed by atoms with Crippen molar-refractivity contribution in [1.29, 1.82) is 0 Å². The Balaban J connectivity index is 2.09. The lowest BCUT2D eigenvalue weighted by Crippen LogP contribution is -2.30. The van der Waals surface area contributed by atoms with Crippen LogP contribution in [-0.2, 0) is 16.1 Å². The average molecular weight is 268 g/mol. The highest BCUT2D eigenvalue weighted by Crippen LogP contribution is 2.25. The predicted molar refractivity (Wildman–Crippen MR) is 71.6 cm³/mol. The predicted octanol–water partition coefficient (Wildman–Crippen LogP) is 2.74. The summed E-state index contributed by atoms with van der Waals surface area (Å²) in [7, 11) is 1.65. The van der Waals surface area contributed by atoms with Crippen LogP contribution in [0, 0.1) is 0 Å². The second-order valence-corrected chi connectivity index (χ2v) is 5.01. The van der Waals surface area contributed by atoms with Crippen LogP contribution >= 0.6 is 11.6 Å². The summed E-state index contributed by atoms with van der Waals surface area (Å²) in [5.41, 5.74) is 1.89. The Hall–Kier alpha value is -1.06. The molecule has 1 fully saturated rings. The van der Waals surface area contributed by atoms with Gasteiger partial charge in [0.15, 0.2) is 0 Å². The van der Waals surface area contributed by atoms with Crippen molar-refractivity contribution in [3.8, 4) is 0 Å². The van der Waals surface area contributed by atoms with Crippen molar-refractivity contribution in [3.63, 3.8) is 0 Å². The molecule has 0 radical (unpaired) electrons. The van der Waals surface area contributed by atoms with Gasteiger partial charge < -0.3 is 9.64 Å². The number of amides is 1. The highest BCUT2D eigenvalue weighted by Gasteiger charge is 2.25. The number of likely N-dealkylation sites (tertiary alicyclic amines) is 1. The van der Waals surface area contributed by atoms with Crippen LogP contribution in [0.25, 0.3) is 0 Å². The SMILES string of the molecule is COCc1cccc(C(Cl)C(=O)N2CCCC2)c1. The van der Waals surface area contributed by atoms with Crippen molar-refractivity contribution in [2.75, 3.05) is 20.2 Å². The number of benzene rings is 1. The lowest BCUT2D eigenvalue weighted by molar-refractivity contribution is -0.129. The molecule has 3 nitrogen and oxygen atoms in total. The summed E-state index contributed by atoms with van der Waals surface area (Å²) in [5.74, 6) is 0.0173. The molecular weight excluding hydrogens is 250 g/mol. The molecule has 1 heterocycles. The Kier molecular flexibility index (Phi) is 4.61. The van der Waals surface area contributed by atoms with Gasteiger partial charge in [0.2, 0.25) is 5.91 Å². The molecule has 1 amide bonds. The first-order valence-corrected chi connectivity index (χ1v) is 6.66. The van der Waals surface area contributed by atoms with E-state index in [-0.39, 0.29) is 5.91 Å². The molecule has 98 valence electrons. The second kappa shape index (κ2) is 6.21. The van der Waals surface area contributed by atoms with Gasteiger partial charge in [-0.05, 0) is 24.0 Å². The van der Waals surface area contributed by atoms with E-state index in [2.05, 4.69) is 0 Å². The lowest BCUT2D eigenvalue weighted by Gasteiger charge is -2.19. The van der Waals surface area contributed by atoms with Gasteiger partial charge in [0.05, 0.1) is 6.61 Å². The molecule has 4 heteroatoms. The molecule has 0 saturated carbocycles. The smallest absolute Gasteiger partial charge is 0.245 e. The maximum atomic E-state index is 12.2. The van der Waals surface area contributed by atoms with Gasteiger partial charge in [-0.3, -0.25) is 4.79 Å². The summed E-state index contributed by atoms with van der Waals surface area (Å²) in [4.78, 5) is 14.0. The zero-order valence-corrected chi connectivity index (χ0v) is 11.3. The minimum atomic E-state index is -0.583. The van der Waals surface area contributed by atoms with Gasteiger partial charge >= 0.3 is 0 Å². The van der Waals surface area contributed by atoms with E-state index in [0.717, 1.165) is 37.1 Å². The fourth-order valence-corrected chi connectivity index (χ4v) is 2.52. The molecule has 0 bridgehead atoms. The molecule has 1 atom stereocenters. The highest BCUT2D eigenvalue weighted by atomic mass is 35.5. The fourth-order valence-electron chi connectivity index (χ4n) is 2.25. The number of carbonyl (C=O) groups excluding carboxylic acids is 1. The van der Waals surface area contributed by atoms with E-state index >= 15 is 0 Å². The third-order valence-electron chi connectivity index (χ3n) is 3.19. The molecule has 0 aromatic heterocycles. The number of rotatable bonds is 4. The molecule has 1 saturated heterocycles. The van der Waals surface area contributed by atoms with Gasteiger partial charge in [-0.15, -0.1) is 11.6 Å². The van der Waals surface area contributed by atoms with Crippen LogP contribution in [0.15, 0.2) is 24.3 Å². The van der Waals surface area contributed by atoms with Crippen molar-refractivity contribution in [1.82, 2.24) is 4.90 Å². The summed E-state index contributed by atoms with van der Waals surface area (Å²) in [6, 6.07) is 7.72. The van der Waals surface area contributed by atoms with Crippen molar-refractivity contribution in [3.05, 3.63) is 35.4 Å². The lowest BCUT2D eigenvalue weighted by atomic mass is 10.1. The normalized spacial score (nSPS) is 16.9. The molecular formula is C14H18ClNO2. The van der Waals surface area contributed by atoms with Crippen molar-refractivity contribution in [2.45, 2.75) is 24.8 Å². The van der Waals surface area contributed by atoms with Gasteiger partial charge in [-0.25, -0.2) is 0 Å². The van der Waals surface area contributed by atoms with E-state index in [4.69, 9.17) is 16.3 Å². The first-order valence-electron chi connectivity index (χ1n) is 6.23. The van der Waals surface area contributed by atoms with Crippen molar-refractivity contribution >= 4 is 17.5 Å². The monoisotopic (exact) mass is 267 g/mol. The molecule has 1 aromatic carbocycles. The van der Waals surface area contributed by atoms with Crippen LogP contribution in [-0.4, -0.2) is 31.0 Å². The maximum absolute atomic E-state index is 12.2. The third-order valence-corrected chi connectivity index (χ3v) is 3.63. The summed E-state index contributed by atoms with van der Waals surface area (Å²) >= 11 is 6.28. The Morgan fingerprint density at radius 2 is 2.17 bits per heavy atom. The summed E-state index contributed by atoms with van der Waals surface area (Å²) in [6.45, 7) is 2.20. The van der Waals surface area contributed by atoms with E-state index < -0.39 is 5.38 Å². The number of ether oxygens (including phenoxy) is 1. The van der Waals surface area contributed by atoms with E-state index in [0.29, 0.717) is 6.61 Å². The first kappa shape index (κ1) is 13.4. The Morgan fingerprint density at radius 3 is 2.83 bits per heavy atom. The summed E-state index contributed by atoms with van der Waals surface area (Å²) in [6.07, 6.45) is 2.16. The van der Waals surface area contributed by atoms with Crippen molar-refractivity contribution < 1.29 is 9.53 Å². The Bertz CT molecular complexity index is 416. The number of hydrogen-bond acceptors (Lipinski definition) is 2. The average Bonchev–Trinajstić information content (AvgIpc) is 2.91. The second-order valence-electron chi connectivity index (χ2n) is 4.57. The minimum Gasteiger partial charge on any atom is -0.380 e. The number of hydrogen-bond donors (Lipinski definition) is 0. The van der Waals surface area contributed by atoms with E-state index in [1.807, 2.05) is 29.2 Å². The van der Waals surface area contributed by atoms with E-state index in [1.165, 1.54) is 0 Å². The van der Waals surface area contributed by atoms with Crippen LogP contribution in [0.3, 0.4) is 0 Å². The zero-order valence-electron chi connectivity index (χ0n) is 10.6. The zero-order chi connectivity index (χ0) is 13.0. The van der Waals surface area contributed by atoms with Gasteiger partial charge in [0.25, 0.3) is 0 Å². The van der Waals surface area contributed by atoms with Crippen LogP contribution in [0.5, 0.6) is 0 Å². The number of methoxy groups -OCH3 is 1. The number of carbonyl (C=O) groups is 1. The van der Waals surface area contributed by atoms with E-state index in [9.17, 15) is 4.79 Å². The molecule has 0 spiro atoms. The molecule has 1 unspecified atom stereocenters. The van der Waals surface area contributed by atoms with Crippen LogP contribution < -0.4 is 0 Å². The molecule has 2 rings (SSSR count). The fraction of sp³-hybridized carbons (Fsp3) is 0.500. The van der Waals surface area contributed by atoms with Gasteiger partial charge in [0.1, 0.15) is 5.38 Å². The van der Waals surface area contributed by atoms with Gasteiger partial charge in [0, 0.05) is 20.2 Å². The van der Waals surface area contributed by atoms with Crippen LogP contribution in [0.2, 0.25) is 0 Å².